The van der Waals surface area contributed by atoms with Gasteiger partial charge in [0.25, 0.3) is 0 Å². The average molecular weight is 331 g/mol. The monoisotopic (exact) mass is 330 g/mol. The normalized spacial score (nSPS) is 10.6. The third kappa shape index (κ3) is 3.43. The summed E-state index contributed by atoms with van der Waals surface area (Å²) in [7, 11) is 3.19. The Morgan fingerprint density at radius 3 is 2.43 bits per heavy atom. The van der Waals surface area contributed by atoms with Gasteiger partial charge in [0, 0.05) is 10.6 Å². The highest BCUT2D eigenvalue weighted by atomic mass is 35.5. The number of nitrogens with zero attached hydrogens (tertiary/aromatic N) is 4. The molecule has 0 aliphatic rings. The van der Waals surface area contributed by atoms with E-state index in [0.717, 1.165) is 11.1 Å². The molecule has 0 saturated heterocycles. The van der Waals surface area contributed by atoms with Gasteiger partial charge in [0.15, 0.2) is 11.5 Å². The molecule has 118 valence electrons. The van der Waals surface area contributed by atoms with Crippen molar-refractivity contribution in [2.45, 2.75) is 6.54 Å². The first-order valence-electron chi connectivity index (χ1n) is 6.94. The van der Waals surface area contributed by atoms with Crippen LogP contribution >= 0.6 is 11.6 Å². The Bertz CT molecular complexity index is 802. The maximum absolute atomic E-state index is 5.88. The van der Waals surface area contributed by atoms with E-state index < -0.39 is 0 Å². The lowest BCUT2D eigenvalue weighted by atomic mass is 10.2. The van der Waals surface area contributed by atoms with Gasteiger partial charge in [-0.15, -0.1) is 10.2 Å². The van der Waals surface area contributed by atoms with Crippen molar-refractivity contribution in [3.8, 4) is 22.9 Å². The Balaban J connectivity index is 1.82. The molecule has 1 aromatic heterocycles. The molecule has 0 aliphatic heterocycles. The molecule has 0 N–H and O–H groups in total. The van der Waals surface area contributed by atoms with Gasteiger partial charge in [-0.2, -0.15) is 4.80 Å². The zero-order valence-corrected chi connectivity index (χ0v) is 13.5. The Kier molecular flexibility index (Phi) is 4.43. The molecule has 0 fully saturated rings. The van der Waals surface area contributed by atoms with Crippen molar-refractivity contribution in [3.05, 3.63) is 53.1 Å². The number of halogens is 1. The second kappa shape index (κ2) is 6.66. The Labute approximate surface area is 138 Å². The van der Waals surface area contributed by atoms with Crippen LogP contribution in [0.5, 0.6) is 11.5 Å². The molecule has 3 rings (SSSR count). The fourth-order valence-electron chi connectivity index (χ4n) is 2.15. The predicted octanol–water partition coefficient (Wildman–Crippen LogP) is 3.06. The molecular weight excluding hydrogens is 316 g/mol. The van der Waals surface area contributed by atoms with Crippen LogP contribution in [0, 0.1) is 0 Å². The summed E-state index contributed by atoms with van der Waals surface area (Å²) in [4.78, 5) is 1.54. The van der Waals surface area contributed by atoms with Gasteiger partial charge in [0.1, 0.15) is 0 Å². The molecule has 0 bridgehead atoms. The minimum Gasteiger partial charge on any atom is -0.493 e. The van der Waals surface area contributed by atoms with Crippen molar-refractivity contribution in [2.75, 3.05) is 14.2 Å². The number of hydrogen-bond acceptors (Lipinski definition) is 5. The minimum atomic E-state index is 0.525. The van der Waals surface area contributed by atoms with E-state index in [1.54, 1.807) is 14.2 Å². The number of methoxy groups -OCH3 is 2. The summed E-state index contributed by atoms with van der Waals surface area (Å²) >= 11 is 5.88. The molecule has 3 aromatic rings. The van der Waals surface area contributed by atoms with Gasteiger partial charge in [-0.25, -0.2) is 0 Å². The summed E-state index contributed by atoms with van der Waals surface area (Å²) in [6, 6.07) is 13.0. The number of tetrazole rings is 1. The van der Waals surface area contributed by atoms with Gasteiger partial charge in [-0.1, -0.05) is 23.7 Å². The molecule has 0 atom stereocenters. The lowest BCUT2D eigenvalue weighted by Gasteiger charge is -2.07. The molecule has 0 spiro atoms. The van der Waals surface area contributed by atoms with Crippen LogP contribution in [0.1, 0.15) is 5.56 Å². The number of rotatable bonds is 5. The smallest absolute Gasteiger partial charge is 0.205 e. The van der Waals surface area contributed by atoms with E-state index in [1.165, 1.54) is 4.80 Å². The summed E-state index contributed by atoms with van der Waals surface area (Å²) in [6.07, 6.45) is 0. The van der Waals surface area contributed by atoms with Gasteiger partial charge < -0.3 is 9.47 Å². The first-order valence-corrected chi connectivity index (χ1v) is 7.32. The highest BCUT2D eigenvalue weighted by Gasteiger charge is 2.10. The average Bonchev–Trinajstić information content (AvgIpc) is 3.05. The van der Waals surface area contributed by atoms with Crippen molar-refractivity contribution in [2.24, 2.45) is 0 Å². The van der Waals surface area contributed by atoms with Crippen molar-refractivity contribution >= 4 is 11.6 Å². The molecule has 0 amide bonds. The number of aromatic nitrogens is 4. The van der Waals surface area contributed by atoms with Crippen LogP contribution in [-0.4, -0.2) is 34.4 Å². The summed E-state index contributed by atoms with van der Waals surface area (Å²) in [5.41, 5.74) is 1.86. The van der Waals surface area contributed by atoms with Crippen LogP contribution in [0.15, 0.2) is 42.5 Å². The van der Waals surface area contributed by atoms with Crippen molar-refractivity contribution < 1.29 is 9.47 Å². The van der Waals surface area contributed by atoms with Gasteiger partial charge in [0.2, 0.25) is 5.82 Å². The fourth-order valence-corrected chi connectivity index (χ4v) is 2.28. The molecule has 1 heterocycles. The molecule has 0 aliphatic carbocycles. The second-order valence-electron chi connectivity index (χ2n) is 4.84. The van der Waals surface area contributed by atoms with Crippen LogP contribution < -0.4 is 9.47 Å². The Morgan fingerprint density at radius 1 is 1.00 bits per heavy atom. The van der Waals surface area contributed by atoms with Crippen molar-refractivity contribution in [1.82, 2.24) is 20.2 Å². The highest BCUT2D eigenvalue weighted by molar-refractivity contribution is 6.30. The summed E-state index contributed by atoms with van der Waals surface area (Å²) < 4.78 is 10.5. The first-order chi connectivity index (χ1) is 11.2. The second-order valence-corrected chi connectivity index (χ2v) is 5.28. The number of hydrogen-bond donors (Lipinski definition) is 0. The zero-order valence-electron chi connectivity index (χ0n) is 12.7. The molecular formula is C16H15ClN4O2. The predicted molar refractivity (Wildman–Crippen MR) is 86.9 cm³/mol. The van der Waals surface area contributed by atoms with E-state index in [9.17, 15) is 0 Å². The molecule has 0 radical (unpaired) electrons. The van der Waals surface area contributed by atoms with Crippen LogP contribution in [0.25, 0.3) is 11.4 Å². The Morgan fingerprint density at radius 2 is 1.74 bits per heavy atom. The summed E-state index contributed by atoms with van der Waals surface area (Å²) in [6.45, 7) is 0.525. The van der Waals surface area contributed by atoms with Crippen LogP contribution in [0.2, 0.25) is 5.02 Å². The maximum Gasteiger partial charge on any atom is 0.205 e. The standard InChI is InChI=1S/C16H15ClN4O2/c1-22-14-8-5-12(9-15(14)23-2)16-18-20-21(19-16)10-11-3-6-13(17)7-4-11/h3-9H,10H2,1-2H3. The maximum atomic E-state index is 5.88. The SMILES string of the molecule is COc1ccc(-c2nnn(Cc3ccc(Cl)cc3)n2)cc1OC. The van der Waals surface area contributed by atoms with E-state index >= 15 is 0 Å². The molecule has 0 unspecified atom stereocenters. The third-order valence-corrected chi connectivity index (χ3v) is 3.58. The van der Waals surface area contributed by atoms with Gasteiger partial charge in [-0.05, 0) is 41.1 Å². The quantitative estimate of drug-likeness (QED) is 0.719. The minimum absolute atomic E-state index is 0.525. The zero-order chi connectivity index (χ0) is 16.2. The van der Waals surface area contributed by atoms with E-state index in [0.29, 0.717) is 28.9 Å². The topological polar surface area (TPSA) is 62.1 Å². The molecule has 7 heteroatoms. The highest BCUT2D eigenvalue weighted by Crippen LogP contribution is 2.30. The number of benzene rings is 2. The summed E-state index contributed by atoms with van der Waals surface area (Å²) in [5, 5.41) is 13.3. The fraction of sp³-hybridized carbons (Fsp3) is 0.188. The van der Waals surface area contributed by atoms with E-state index in [-0.39, 0.29) is 0 Å². The molecule has 6 nitrogen and oxygen atoms in total. The van der Waals surface area contributed by atoms with Crippen LogP contribution in [-0.2, 0) is 6.54 Å². The Hall–Kier alpha value is -2.60. The first kappa shape index (κ1) is 15.3. The molecule has 0 saturated carbocycles. The van der Waals surface area contributed by atoms with Crippen LogP contribution in [0.3, 0.4) is 0 Å². The lowest BCUT2D eigenvalue weighted by Crippen LogP contribution is -2.03. The van der Waals surface area contributed by atoms with Crippen molar-refractivity contribution in [3.63, 3.8) is 0 Å². The van der Waals surface area contributed by atoms with Gasteiger partial charge in [-0.3, -0.25) is 0 Å². The summed E-state index contributed by atoms with van der Waals surface area (Å²) in [5.74, 6) is 1.81. The van der Waals surface area contributed by atoms with Gasteiger partial charge >= 0.3 is 0 Å². The third-order valence-electron chi connectivity index (χ3n) is 3.33. The van der Waals surface area contributed by atoms with Gasteiger partial charge in [0.05, 0.1) is 20.8 Å². The van der Waals surface area contributed by atoms with Crippen molar-refractivity contribution in [1.29, 1.82) is 0 Å². The lowest BCUT2D eigenvalue weighted by molar-refractivity contribution is 0.355. The van der Waals surface area contributed by atoms with Crippen LogP contribution in [0.4, 0.5) is 0 Å². The number of ether oxygens (including phenoxy) is 2. The molecule has 23 heavy (non-hydrogen) atoms. The van der Waals surface area contributed by atoms with E-state index in [1.807, 2.05) is 42.5 Å². The van der Waals surface area contributed by atoms with E-state index in [4.69, 9.17) is 21.1 Å². The molecule has 2 aromatic carbocycles. The largest absolute Gasteiger partial charge is 0.493 e. The van der Waals surface area contributed by atoms with E-state index in [2.05, 4.69) is 15.4 Å².